The van der Waals surface area contributed by atoms with Crippen LogP contribution in [0, 0.1) is 6.92 Å². The van der Waals surface area contributed by atoms with E-state index in [1.54, 1.807) is 23.3 Å². The molecular formula is C20H18N4OS. The fourth-order valence-corrected chi connectivity index (χ4v) is 3.66. The van der Waals surface area contributed by atoms with E-state index in [-0.39, 0.29) is 5.91 Å². The first-order chi connectivity index (χ1) is 12.6. The maximum atomic E-state index is 12.7. The molecule has 4 aromatic rings. The van der Waals surface area contributed by atoms with Crippen molar-refractivity contribution in [1.82, 2.24) is 19.3 Å². The van der Waals surface area contributed by atoms with E-state index in [0.29, 0.717) is 12.1 Å². The molecule has 0 saturated heterocycles. The number of aryl methyl sites for hydroxylation is 1. The summed E-state index contributed by atoms with van der Waals surface area (Å²) in [7, 11) is 1.80. The molecule has 1 aromatic carbocycles. The van der Waals surface area contributed by atoms with Crippen molar-refractivity contribution in [1.29, 1.82) is 0 Å². The Morgan fingerprint density at radius 1 is 1.12 bits per heavy atom. The molecule has 0 atom stereocenters. The minimum Gasteiger partial charge on any atom is -0.335 e. The van der Waals surface area contributed by atoms with Gasteiger partial charge in [0.25, 0.3) is 5.91 Å². The fraction of sp³-hybridized carbons (Fsp3) is 0.150. The molecule has 1 amide bonds. The van der Waals surface area contributed by atoms with Gasteiger partial charge in [0, 0.05) is 36.1 Å². The second kappa shape index (κ2) is 6.72. The van der Waals surface area contributed by atoms with Crippen LogP contribution in [0.1, 0.15) is 21.1 Å². The lowest BCUT2D eigenvalue weighted by atomic mass is 10.2. The van der Waals surface area contributed by atoms with Crippen molar-refractivity contribution in [3.05, 3.63) is 76.5 Å². The van der Waals surface area contributed by atoms with Crippen molar-refractivity contribution in [2.24, 2.45) is 0 Å². The predicted molar refractivity (Wildman–Crippen MR) is 103 cm³/mol. The minimum atomic E-state index is -0.0327. The quantitative estimate of drug-likeness (QED) is 0.550. The molecule has 0 aliphatic rings. The van der Waals surface area contributed by atoms with Gasteiger partial charge in [-0.2, -0.15) is 0 Å². The minimum absolute atomic E-state index is 0.0327. The molecule has 0 bridgehead atoms. The van der Waals surface area contributed by atoms with Crippen molar-refractivity contribution in [3.63, 3.8) is 0 Å². The summed E-state index contributed by atoms with van der Waals surface area (Å²) in [5, 5.41) is 2.93. The molecule has 0 aliphatic heterocycles. The number of thiazole rings is 1. The average molecular weight is 362 g/mol. The van der Waals surface area contributed by atoms with Gasteiger partial charge in [0.1, 0.15) is 10.7 Å². The monoisotopic (exact) mass is 362 g/mol. The Hall–Kier alpha value is -2.99. The Morgan fingerprint density at radius 2 is 1.92 bits per heavy atom. The number of benzene rings is 1. The van der Waals surface area contributed by atoms with E-state index in [0.717, 1.165) is 27.6 Å². The van der Waals surface area contributed by atoms with Crippen LogP contribution in [0.15, 0.2) is 60.2 Å². The van der Waals surface area contributed by atoms with Crippen LogP contribution in [-0.2, 0) is 6.54 Å². The number of fused-ring (bicyclic) bond motifs is 1. The van der Waals surface area contributed by atoms with Crippen LogP contribution in [0.3, 0.4) is 0 Å². The summed E-state index contributed by atoms with van der Waals surface area (Å²) in [4.78, 5) is 23.5. The SMILES string of the molecule is Cc1csc(CN(C)C(=O)c2ccc3nc(-c4ccccc4)cn3c2)n1. The van der Waals surface area contributed by atoms with E-state index >= 15 is 0 Å². The molecule has 3 aromatic heterocycles. The normalized spacial score (nSPS) is 11.0. The summed E-state index contributed by atoms with van der Waals surface area (Å²) in [6.07, 6.45) is 3.78. The van der Waals surface area contributed by atoms with Crippen molar-refractivity contribution < 1.29 is 4.79 Å². The highest BCUT2D eigenvalue weighted by Gasteiger charge is 2.15. The largest absolute Gasteiger partial charge is 0.335 e. The molecular weight excluding hydrogens is 344 g/mol. The summed E-state index contributed by atoms with van der Waals surface area (Å²) < 4.78 is 1.90. The molecule has 3 heterocycles. The second-order valence-electron chi connectivity index (χ2n) is 6.22. The van der Waals surface area contributed by atoms with Gasteiger partial charge in [-0.3, -0.25) is 4.79 Å². The molecule has 4 rings (SSSR count). The first-order valence-electron chi connectivity index (χ1n) is 8.31. The van der Waals surface area contributed by atoms with E-state index in [9.17, 15) is 4.79 Å². The number of carbonyl (C=O) groups excluding carboxylic acids is 1. The van der Waals surface area contributed by atoms with Crippen molar-refractivity contribution >= 4 is 22.9 Å². The molecule has 0 N–H and O–H groups in total. The average Bonchev–Trinajstić information content (AvgIpc) is 3.27. The Morgan fingerprint density at radius 3 is 2.65 bits per heavy atom. The van der Waals surface area contributed by atoms with Crippen LogP contribution >= 0.6 is 11.3 Å². The third-order valence-corrected chi connectivity index (χ3v) is 5.10. The Bertz CT molecular complexity index is 1070. The van der Waals surface area contributed by atoms with E-state index < -0.39 is 0 Å². The number of hydrogen-bond donors (Lipinski definition) is 0. The Kier molecular flexibility index (Phi) is 4.26. The number of hydrogen-bond acceptors (Lipinski definition) is 4. The van der Waals surface area contributed by atoms with Crippen LogP contribution < -0.4 is 0 Å². The van der Waals surface area contributed by atoms with Crippen molar-refractivity contribution in [2.45, 2.75) is 13.5 Å². The molecule has 0 aliphatic carbocycles. The van der Waals surface area contributed by atoms with Crippen LogP contribution in [0.25, 0.3) is 16.9 Å². The zero-order valence-electron chi connectivity index (χ0n) is 14.6. The topological polar surface area (TPSA) is 50.5 Å². The first kappa shape index (κ1) is 16.5. The van der Waals surface area contributed by atoms with Gasteiger partial charge in [-0.15, -0.1) is 11.3 Å². The Labute approximate surface area is 155 Å². The Balaban J connectivity index is 1.59. The predicted octanol–water partition coefficient (Wildman–Crippen LogP) is 4.04. The van der Waals surface area contributed by atoms with Gasteiger partial charge in [-0.05, 0) is 19.1 Å². The van der Waals surface area contributed by atoms with Gasteiger partial charge in [0.2, 0.25) is 0 Å². The number of carbonyl (C=O) groups is 1. The first-order valence-corrected chi connectivity index (χ1v) is 9.19. The summed E-state index contributed by atoms with van der Waals surface area (Å²) in [6.45, 7) is 2.47. The lowest BCUT2D eigenvalue weighted by Gasteiger charge is -2.15. The smallest absolute Gasteiger partial charge is 0.255 e. The second-order valence-corrected chi connectivity index (χ2v) is 7.16. The summed E-state index contributed by atoms with van der Waals surface area (Å²) >= 11 is 1.57. The van der Waals surface area contributed by atoms with Crippen LogP contribution in [0.4, 0.5) is 0 Å². The maximum absolute atomic E-state index is 12.7. The number of pyridine rings is 1. The lowest BCUT2D eigenvalue weighted by Crippen LogP contribution is -2.26. The standard InChI is InChI=1S/C20H18N4OS/c1-14-13-26-19(21-14)12-23(2)20(25)16-8-9-18-22-17(11-24(18)10-16)15-6-4-3-5-7-15/h3-11,13H,12H2,1-2H3. The number of rotatable bonds is 4. The van der Waals surface area contributed by atoms with Gasteiger partial charge >= 0.3 is 0 Å². The number of imidazole rings is 1. The number of aromatic nitrogens is 3. The molecule has 0 radical (unpaired) electrons. The molecule has 5 nitrogen and oxygen atoms in total. The van der Waals surface area contributed by atoms with Gasteiger partial charge in [-0.1, -0.05) is 30.3 Å². The molecule has 130 valence electrons. The van der Waals surface area contributed by atoms with Crippen LogP contribution in [0.5, 0.6) is 0 Å². The summed E-state index contributed by atoms with van der Waals surface area (Å²) in [5.74, 6) is -0.0327. The molecule has 0 spiro atoms. The maximum Gasteiger partial charge on any atom is 0.255 e. The summed E-state index contributed by atoms with van der Waals surface area (Å²) in [6, 6.07) is 13.7. The van der Waals surface area contributed by atoms with Crippen LogP contribution in [0.2, 0.25) is 0 Å². The van der Waals surface area contributed by atoms with Gasteiger partial charge < -0.3 is 9.30 Å². The molecule has 6 heteroatoms. The molecule has 0 unspecified atom stereocenters. The fourth-order valence-electron chi connectivity index (χ4n) is 2.84. The third-order valence-electron chi connectivity index (χ3n) is 4.15. The van der Waals surface area contributed by atoms with Crippen LogP contribution in [-0.4, -0.2) is 32.2 Å². The van der Waals surface area contributed by atoms with Gasteiger partial charge in [0.05, 0.1) is 17.8 Å². The van der Waals surface area contributed by atoms with E-state index in [1.807, 2.05) is 71.6 Å². The molecule has 26 heavy (non-hydrogen) atoms. The van der Waals surface area contributed by atoms with Crippen molar-refractivity contribution in [2.75, 3.05) is 7.05 Å². The lowest BCUT2D eigenvalue weighted by molar-refractivity contribution is 0.0784. The number of amides is 1. The van der Waals surface area contributed by atoms with Crippen molar-refractivity contribution in [3.8, 4) is 11.3 Å². The third kappa shape index (κ3) is 3.23. The van der Waals surface area contributed by atoms with Gasteiger partial charge in [-0.25, -0.2) is 9.97 Å². The molecule has 0 saturated carbocycles. The van der Waals surface area contributed by atoms with E-state index in [1.165, 1.54) is 0 Å². The van der Waals surface area contributed by atoms with Gasteiger partial charge in [0.15, 0.2) is 0 Å². The molecule has 0 fully saturated rings. The highest BCUT2D eigenvalue weighted by Crippen LogP contribution is 2.20. The number of nitrogens with zero attached hydrogens (tertiary/aromatic N) is 4. The zero-order chi connectivity index (χ0) is 18.1. The van der Waals surface area contributed by atoms with E-state index in [4.69, 9.17) is 0 Å². The zero-order valence-corrected chi connectivity index (χ0v) is 15.4. The van der Waals surface area contributed by atoms with E-state index in [2.05, 4.69) is 9.97 Å². The summed E-state index contributed by atoms with van der Waals surface area (Å²) in [5.41, 5.74) is 4.38. The highest BCUT2D eigenvalue weighted by molar-refractivity contribution is 7.09. The highest BCUT2D eigenvalue weighted by atomic mass is 32.1.